The zero-order valence-electron chi connectivity index (χ0n) is 12.0. The molecule has 1 aliphatic heterocycles. The van der Waals surface area contributed by atoms with Gasteiger partial charge in [-0.1, -0.05) is 24.4 Å². The molecule has 2 fully saturated rings. The number of nitrogens with one attached hydrogen (secondary N) is 1. The minimum absolute atomic E-state index is 0.195. The lowest BCUT2D eigenvalue weighted by molar-refractivity contribution is 0.185. The summed E-state index contributed by atoms with van der Waals surface area (Å²) in [6, 6.07) is 0.286. The highest BCUT2D eigenvalue weighted by atomic mass is 32.2. The van der Waals surface area contributed by atoms with Gasteiger partial charge >= 0.3 is 0 Å². The third kappa shape index (κ3) is 3.35. The SMILES string of the molecule is CNC1COCC1c1nc(CSC2CCCCC2)no1. The molecule has 2 heterocycles. The van der Waals surface area contributed by atoms with Crippen LogP contribution in [0.2, 0.25) is 0 Å². The Hall–Kier alpha value is -0.590. The maximum atomic E-state index is 5.48. The average molecular weight is 297 g/mol. The molecular formula is C14H23N3O2S. The van der Waals surface area contributed by atoms with Gasteiger partial charge in [0, 0.05) is 11.3 Å². The Balaban J connectivity index is 1.53. The molecule has 1 saturated carbocycles. The molecule has 6 heteroatoms. The van der Waals surface area contributed by atoms with Crippen LogP contribution in [-0.2, 0) is 10.5 Å². The monoisotopic (exact) mass is 297 g/mol. The van der Waals surface area contributed by atoms with Gasteiger partial charge < -0.3 is 14.6 Å². The lowest BCUT2D eigenvalue weighted by atomic mass is 10.0. The summed E-state index contributed by atoms with van der Waals surface area (Å²) in [5.41, 5.74) is 0. The number of nitrogens with zero attached hydrogens (tertiary/aromatic N) is 2. The number of hydrogen-bond donors (Lipinski definition) is 1. The molecule has 1 aromatic heterocycles. The van der Waals surface area contributed by atoms with Gasteiger partial charge in [-0.25, -0.2) is 0 Å². The van der Waals surface area contributed by atoms with Crippen LogP contribution in [0.15, 0.2) is 4.52 Å². The van der Waals surface area contributed by atoms with Crippen molar-refractivity contribution in [2.45, 2.75) is 55.1 Å². The third-order valence-electron chi connectivity index (χ3n) is 4.25. The first-order valence-corrected chi connectivity index (χ1v) is 8.61. The van der Waals surface area contributed by atoms with Gasteiger partial charge in [-0.05, 0) is 19.9 Å². The van der Waals surface area contributed by atoms with Crippen molar-refractivity contribution in [3.05, 3.63) is 11.7 Å². The van der Waals surface area contributed by atoms with Gasteiger partial charge in [0.25, 0.3) is 0 Å². The smallest absolute Gasteiger partial charge is 0.233 e. The summed E-state index contributed by atoms with van der Waals surface area (Å²) >= 11 is 1.98. The van der Waals surface area contributed by atoms with Gasteiger partial charge in [0.15, 0.2) is 5.82 Å². The van der Waals surface area contributed by atoms with E-state index >= 15 is 0 Å². The normalized spacial score (nSPS) is 28.1. The minimum atomic E-state index is 0.195. The second kappa shape index (κ2) is 6.91. The van der Waals surface area contributed by atoms with Crippen molar-refractivity contribution in [2.24, 2.45) is 0 Å². The second-order valence-corrected chi connectivity index (χ2v) is 6.95. The topological polar surface area (TPSA) is 60.2 Å². The molecule has 1 aliphatic carbocycles. The Morgan fingerprint density at radius 1 is 1.25 bits per heavy atom. The zero-order valence-corrected chi connectivity index (χ0v) is 12.8. The van der Waals surface area contributed by atoms with Gasteiger partial charge in [0.05, 0.1) is 24.9 Å². The second-order valence-electron chi connectivity index (χ2n) is 5.66. The molecule has 0 bridgehead atoms. The van der Waals surface area contributed by atoms with E-state index in [0.29, 0.717) is 6.61 Å². The van der Waals surface area contributed by atoms with E-state index in [9.17, 15) is 0 Å². The summed E-state index contributed by atoms with van der Waals surface area (Å²) < 4.78 is 10.9. The fraction of sp³-hybridized carbons (Fsp3) is 0.857. The molecular weight excluding hydrogens is 274 g/mol. The number of rotatable bonds is 5. The van der Waals surface area contributed by atoms with Crippen LogP contribution in [0, 0.1) is 0 Å². The van der Waals surface area contributed by atoms with E-state index in [-0.39, 0.29) is 12.0 Å². The summed E-state index contributed by atoms with van der Waals surface area (Å²) in [5, 5.41) is 8.15. The van der Waals surface area contributed by atoms with Gasteiger partial charge in [-0.15, -0.1) is 0 Å². The Kier molecular flexibility index (Phi) is 4.96. The van der Waals surface area contributed by atoms with Gasteiger partial charge in [-0.3, -0.25) is 0 Å². The Morgan fingerprint density at radius 3 is 2.90 bits per heavy atom. The zero-order chi connectivity index (χ0) is 13.8. The van der Waals surface area contributed by atoms with Gasteiger partial charge in [-0.2, -0.15) is 16.7 Å². The molecule has 112 valence electrons. The Labute approximate surface area is 124 Å². The Bertz CT molecular complexity index is 420. The highest BCUT2D eigenvalue weighted by molar-refractivity contribution is 7.99. The van der Waals surface area contributed by atoms with Crippen molar-refractivity contribution in [2.75, 3.05) is 20.3 Å². The van der Waals surface area contributed by atoms with E-state index in [2.05, 4.69) is 15.5 Å². The molecule has 1 saturated heterocycles. The molecule has 20 heavy (non-hydrogen) atoms. The van der Waals surface area contributed by atoms with Crippen molar-refractivity contribution in [1.82, 2.24) is 15.5 Å². The quantitative estimate of drug-likeness (QED) is 0.900. The molecule has 0 radical (unpaired) electrons. The molecule has 0 amide bonds. The first kappa shape index (κ1) is 14.4. The molecule has 1 N–H and O–H groups in total. The van der Waals surface area contributed by atoms with Crippen molar-refractivity contribution < 1.29 is 9.26 Å². The van der Waals surface area contributed by atoms with Crippen LogP contribution in [0.4, 0.5) is 0 Å². The van der Waals surface area contributed by atoms with E-state index in [0.717, 1.165) is 29.3 Å². The summed E-state index contributed by atoms with van der Waals surface area (Å²) in [7, 11) is 1.95. The summed E-state index contributed by atoms with van der Waals surface area (Å²) in [5.74, 6) is 2.62. The molecule has 0 spiro atoms. The summed E-state index contributed by atoms with van der Waals surface area (Å²) in [6.07, 6.45) is 6.83. The van der Waals surface area contributed by atoms with Crippen LogP contribution >= 0.6 is 11.8 Å². The molecule has 5 nitrogen and oxygen atoms in total. The molecule has 3 rings (SSSR count). The lowest BCUT2D eigenvalue weighted by Crippen LogP contribution is -2.31. The minimum Gasteiger partial charge on any atom is -0.379 e. The summed E-state index contributed by atoms with van der Waals surface area (Å²) in [6.45, 7) is 1.39. The van der Waals surface area contributed by atoms with Crippen LogP contribution < -0.4 is 5.32 Å². The van der Waals surface area contributed by atoms with E-state index < -0.39 is 0 Å². The fourth-order valence-corrected chi connectivity index (χ4v) is 4.15. The van der Waals surface area contributed by atoms with Crippen molar-refractivity contribution in [3.8, 4) is 0 Å². The highest BCUT2D eigenvalue weighted by Crippen LogP contribution is 2.30. The van der Waals surface area contributed by atoms with E-state index in [1.807, 2.05) is 18.8 Å². The van der Waals surface area contributed by atoms with Crippen LogP contribution in [0.3, 0.4) is 0 Å². The van der Waals surface area contributed by atoms with Crippen molar-refractivity contribution in [1.29, 1.82) is 0 Å². The predicted molar refractivity (Wildman–Crippen MR) is 78.9 cm³/mol. The van der Waals surface area contributed by atoms with Crippen molar-refractivity contribution >= 4 is 11.8 Å². The Morgan fingerprint density at radius 2 is 2.10 bits per heavy atom. The molecule has 2 unspecified atom stereocenters. The maximum Gasteiger partial charge on any atom is 0.233 e. The number of thioether (sulfide) groups is 1. The van der Waals surface area contributed by atoms with Crippen LogP contribution in [0.25, 0.3) is 0 Å². The lowest BCUT2D eigenvalue weighted by Gasteiger charge is -2.20. The van der Waals surface area contributed by atoms with E-state index in [1.54, 1.807) is 0 Å². The predicted octanol–water partition coefficient (Wildman–Crippen LogP) is 2.34. The average Bonchev–Trinajstić information content (AvgIpc) is 3.14. The summed E-state index contributed by atoms with van der Waals surface area (Å²) in [4.78, 5) is 4.56. The number of hydrogen-bond acceptors (Lipinski definition) is 6. The largest absolute Gasteiger partial charge is 0.379 e. The van der Waals surface area contributed by atoms with E-state index in [4.69, 9.17) is 9.26 Å². The number of aromatic nitrogens is 2. The van der Waals surface area contributed by atoms with Gasteiger partial charge in [0.1, 0.15) is 0 Å². The molecule has 2 aliphatic rings. The van der Waals surface area contributed by atoms with Gasteiger partial charge in [0.2, 0.25) is 5.89 Å². The number of ether oxygens (including phenoxy) is 1. The van der Waals surface area contributed by atoms with Crippen LogP contribution in [-0.4, -0.2) is 41.7 Å². The maximum absolute atomic E-state index is 5.48. The highest BCUT2D eigenvalue weighted by Gasteiger charge is 2.32. The van der Waals surface area contributed by atoms with E-state index in [1.165, 1.54) is 32.1 Å². The molecule has 2 atom stereocenters. The fourth-order valence-electron chi connectivity index (χ4n) is 2.98. The van der Waals surface area contributed by atoms with Crippen LogP contribution in [0.1, 0.15) is 49.7 Å². The van der Waals surface area contributed by atoms with Crippen molar-refractivity contribution in [3.63, 3.8) is 0 Å². The first-order chi connectivity index (χ1) is 9.86. The molecule has 1 aromatic rings. The number of likely N-dealkylation sites (N-methyl/N-ethyl adjacent to an activating group) is 1. The third-order valence-corrected chi connectivity index (χ3v) is 5.62. The standard InChI is InChI=1S/C14H23N3O2S/c1-15-12-8-18-7-11(12)14-16-13(17-19-14)9-20-10-5-3-2-4-6-10/h10-12,15H,2-9H2,1H3. The first-order valence-electron chi connectivity index (χ1n) is 7.56. The molecule has 0 aromatic carbocycles. The van der Waals surface area contributed by atoms with Crippen LogP contribution in [0.5, 0.6) is 0 Å².